The smallest absolute Gasteiger partial charge is 0.308 e. The van der Waals surface area contributed by atoms with E-state index in [1.54, 1.807) is 0 Å². The maximum atomic E-state index is 14.2. The van der Waals surface area contributed by atoms with Crippen molar-refractivity contribution in [3.8, 4) is 5.75 Å². The zero-order valence-electron chi connectivity index (χ0n) is 13.5. The highest BCUT2D eigenvalue weighted by atomic mass is 19.1. The second-order valence-corrected chi connectivity index (χ2v) is 6.37. The molecule has 1 aromatic carbocycles. The van der Waals surface area contributed by atoms with E-state index in [0.29, 0.717) is 32.6 Å². The quantitative estimate of drug-likeness (QED) is 0.910. The lowest BCUT2D eigenvalue weighted by atomic mass is 9.72. The van der Waals surface area contributed by atoms with Crippen LogP contribution in [0.3, 0.4) is 0 Å². The fraction of sp³-hybridized carbons (Fsp3) is 0.529. The van der Waals surface area contributed by atoms with E-state index in [1.807, 2.05) is 0 Å². The molecule has 24 heavy (non-hydrogen) atoms. The minimum absolute atomic E-state index is 0.0751. The van der Waals surface area contributed by atoms with Crippen LogP contribution in [-0.4, -0.2) is 55.3 Å². The summed E-state index contributed by atoms with van der Waals surface area (Å²) in [5.41, 5.74) is -0.647. The number of likely N-dealkylation sites (tertiary alicyclic amines) is 1. The van der Waals surface area contributed by atoms with Gasteiger partial charge in [0, 0.05) is 31.7 Å². The minimum Gasteiger partial charge on any atom is -0.496 e. The average molecular weight is 337 g/mol. The van der Waals surface area contributed by atoms with Gasteiger partial charge < -0.3 is 19.5 Å². The second-order valence-electron chi connectivity index (χ2n) is 6.37. The molecule has 2 fully saturated rings. The predicted molar refractivity (Wildman–Crippen MR) is 82.5 cm³/mol. The number of aliphatic carboxylic acids is 1. The summed E-state index contributed by atoms with van der Waals surface area (Å²) in [6.45, 7) is 1.33. The number of rotatable bonds is 3. The maximum Gasteiger partial charge on any atom is 0.308 e. The van der Waals surface area contributed by atoms with Crippen molar-refractivity contribution in [2.45, 2.75) is 12.8 Å². The Morgan fingerprint density at radius 2 is 2.08 bits per heavy atom. The van der Waals surface area contributed by atoms with E-state index in [-0.39, 0.29) is 17.9 Å². The number of ether oxygens (including phenoxy) is 2. The topological polar surface area (TPSA) is 76.1 Å². The number of hydrogen-bond acceptors (Lipinski definition) is 4. The molecule has 1 amide bonds. The van der Waals surface area contributed by atoms with Crippen LogP contribution in [0.25, 0.3) is 0 Å². The first-order valence-corrected chi connectivity index (χ1v) is 7.91. The molecule has 1 aromatic rings. The molecule has 0 aliphatic carbocycles. The summed E-state index contributed by atoms with van der Waals surface area (Å²) in [5.74, 6) is -2.63. The molecular formula is C17H20FNO5. The molecule has 2 aliphatic heterocycles. The van der Waals surface area contributed by atoms with Gasteiger partial charge in [0.15, 0.2) is 0 Å². The first kappa shape index (κ1) is 16.7. The molecule has 130 valence electrons. The molecule has 6 nitrogen and oxygen atoms in total. The van der Waals surface area contributed by atoms with Crippen LogP contribution >= 0.6 is 0 Å². The van der Waals surface area contributed by atoms with Gasteiger partial charge in [-0.15, -0.1) is 0 Å². The Labute approximate surface area is 139 Å². The third-order valence-corrected chi connectivity index (χ3v) is 5.13. The number of carboxylic acids is 1. The number of halogens is 1. The summed E-state index contributed by atoms with van der Waals surface area (Å²) in [4.78, 5) is 26.0. The average Bonchev–Trinajstić information content (AvgIpc) is 2.93. The molecule has 1 unspecified atom stereocenters. The van der Waals surface area contributed by atoms with Gasteiger partial charge in [0.1, 0.15) is 17.1 Å². The zero-order valence-corrected chi connectivity index (χ0v) is 13.5. The molecule has 2 heterocycles. The van der Waals surface area contributed by atoms with Crippen molar-refractivity contribution in [2.24, 2.45) is 11.3 Å². The molecular weight excluding hydrogens is 317 g/mol. The second kappa shape index (κ2) is 6.39. The highest BCUT2D eigenvalue weighted by Gasteiger charge is 2.52. The predicted octanol–water partition coefficient (Wildman–Crippen LogP) is 1.79. The van der Waals surface area contributed by atoms with Gasteiger partial charge in [0.25, 0.3) is 5.91 Å². The maximum absolute atomic E-state index is 14.2. The van der Waals surface area contributed by atoms with Gasteiger partial charge in [-0.25, -0.2) is 4.39 Å². The van der Waals surface area contributed by atoms with Gasteiger partial charge >= 0.3 is 5.97 Å². The number of benzene rings is 1. The van der Waals surface area contributed by atoms with Crippen LogP contribution in [0, 0.1) is 17.2 Å². The van der Waals surface area contributed by atoms with Gasteiger partial charge in [0.05, 0.1) is 13.0 Å². The number of nitrogens with zero attached hydrogens (tertiary/aromatic N) is 1. The lowest BCUT2D eigenvalue weighted by molar-refractivity contribution is -0.146. The Balaban J connectivity index is 1.91. The van der Waals surface area contributed by atoms with Crippen molar-refractivity contribution in [3.05, 3.63) is 29.6 Å². The van der Waals surface area contributed by atoms with Gasteiger partial charge in [-0.2, -0.15) is 0 Å². The van der Waals surface area contributed by atoms with E-state index in [2.05, 4.69) is 0 Å². The van der Waals surface area contributed by atoms with Gasteiger partial charge in [-0.1, -0.05) is 6.07 Å². The molecule has 0 aromatic heterocycles. The van der Waals surface area contributed by atoms with Crippen molar-refractivity contribution >= 4 is 11.9 Å². The molecule has 0 saturated carbocycles. The fourth-order valence-electron chi connectivity index (χ4n) is 3.79. The highest BCUT2D eigenvalue weighted by molar-refractivity contribution is 5.97. The van der Waals surface area contributed by atoms with Gasteiger partial charge in [-0.3, -0.25) is 9.59 Å². The summed E-state index contributed by atoms with van der Waals surface area (Å²) in [6, 6.07) is 4.19. The first-order valence-electron chi connectivity index (χ1n) is 7.91. The van der Waals surface area contributed by atoms with Crippen molar-refractivity contribution in [3.63, 3.8) is 0 Å². The van der Waals surface area contributed by atoms with Crippen molar-refractivity contribution in [1.82, 2.24) is 4.90 Å². The Morgan fingerprint density at radius 1 is 1.38 bits per heavy atom. The van der Waals surface area contributed by atoms with Crippen LogP contribution in [-0.2, 0) is 9.53 Å². The summed E-state index contributed by atoms with van der Waals surface area (Å²) in [5, 5.41) is 9.58. The molecule has 1 N–H and O–H groups in total. The first-order chi connectivity index (χ1) is 11.5. The van der Waals surface area contributed by atoms with Crippen molar-refractivity contribution in [1.29, 1.82) is 0 Å². The van der Waals surface area contributed by atoms with E-state index in [4.69, 9.17) is 9.47 Å². The lowest BCUT2D eigenvalue weighted by Crippen LogP contribution is -2.40. The lowest BCUT2D eigenvalue weighted by Gasteiger charge is -2.36. The number of carboxylic acid groups (broad SMARTS) is 1. The number of carbonyl (C=O) groups excluding carboxylic acids is 1. The number of methoxy groups -OCH3 is 1. The van der Waals surface area contributed by atoms with Crippen LogP contribution < -0.4 is 4.74 Å². The molecule has 1 atom stereocenters. The molecule has 0 radical (unpaired) electrons. The van der Waals surface area contributed by atoms with E-state index in [0.717, 1.165) is 0 Å². The number of amides is 1. The van der Waals surface area contributed by atoms with Crippen LogP contribution in [0.2, 0.25) is 0 Å². The Hall–Kier alpha value is -2.15. The van der Waals surface area contributed by atoms with Crippen molar-refractivity contribution in [2.75, 3.05) is 33.4 Å². The van der Waals surface area contributed by atoms with Gasteiger partial charge in [0.2, 0.25) is 0 Å². The Bertz CT molecular complexity index is 656. The van der Waals surface area contributed by atoms with E-state index in [1.165, 1.54) is 30.2 Å². The van der Waals surface area contributed by atoms with E-state index >= 15 is 0 Å². The van der Waals surface area contributed by atoms with Crippen LogP contribution in [0.5, 0.6) is 5.75 Å². The summed E-state index contributed by atoms with van der Waals surface area (Å²) < 4.78 is 24.6. The number of hydrogen-bond donors (Lipinski definition) is 1. The molecule has 1 spiro atoms. The van der Waals surface area contributed by atoms with Crippen LogP contribution in [0.4, 0.5) is 4.39 Å². The minimum atomic E-state index is -0.923. The highest BCUT2D eigenvalue weighted by Crippen LogP contribution is 2.45. The molecule has 2 aliphatic rings. The van der Waals surface area contributed by atoms with Crippen LogP contribution in [0.1, 0.15) is 23.2 Å². The third-order valence-electron chi connectivity index (χ3n) is 5.13. The summed E-state index contributed by atoms with van der Waals surface area (Å²) in [7, 11) is 1.37. The van der Waals surface area contributed by atoms with E-state index < -0.39 is 29.0 Å². The monoisotopic (exact) mass is 337 g/mol. The third kappa shape index (κ3) is 2.73. The van der Waals surface area contributed by atoms with E-state index in [9.17, 15) is 19.1 Å². The Morgan fingerprint density at radius 3 is 2.71 bits per heavy atom. The molecule has 2 saturated heterocycles. The fourth-order valence-corrected chi connectivity index (χ4v) is 3.79. The SMILES string of the molecule is COc1cccc(F)c1C(=O)N1CC(C(=O)O)C2(CCOCC2)C1. The van der Waals surface area contributed by atoms with Crippen LogP contribution in [0.15, 0.2) is 18.2 Å². The number of carbonyl (C=O) groups is 2. The van der Waals surface area contributed by atoms with Gasteiger partial charge in [-0.05, 0) is 25.0 Å². The Kier molecular flexibility index (Phi) is 4.45. The molecule has 7 heteroatoms. The molecule has 3 rings (SSSR count). The largest absolute Gasteiger partial charge is 0.496 e. The summed E-state index contributed by atoms with van der Waals surface area (Å²) >= 11 is 0. The van der Waals surface area contributed by atoms with Crippen molar-refractivity contribution < 1.29 is 28.6 Å². The summed E-state index contributed by atoms with van der Waals surface area (Å²) in [6.07, 6.45) is 1.17. The molecule has 0 bridgehead atoms. The zero-order chi connectivity index (χ0) is 17.3. The normalized spacial score (nSPS) is 22.6. The standard InChI is InChI=1S/C17H20FNO5/c1-23-13-4-2-3-12(18)14(13)15(20)19-9-11(16(21)22)17(10-19)5-7-24-8-6-17/h2-4,11H,5-10H2,1H3,(H,21,22).